The van der Waals surface area contributed by atoms with Gasteiger partial charge >= 0.3 is 0 Å². The molecule has 0 saturated carbocycles. The summed E-state index contributed by atoms with van der Waals surface area (Å²) in [6.45, 7) is 5.77. The number of halogens is 3. The lowest BCUT2D eigenvalue weighted by Gasteiger charge is -2.11. The van der Waals surface area contributed by atoms with Crippen LogP contribution < -0.4 is 5.32 Å². The molecule has 150 valence electrons. The number of carbonyl (C=O) groups excluding carboxylic acids is 1. The number of benzene rings is 2. The SMILES string of the molecule is Cc1c(/C=C/C(=O)NC(C)C)nn(-c2ccc(Cl)cc2Cl)c1-c1ccc(Cl)cc1. The van der Waals surface area contributed by atoms with Gasteiger partial charge in [-0.25, -0.2) is 4.68 Å². The summed E-state index contributed by atoms with van der Waals surface area (Å²) in [6, 6.07) is 12.8. The summed E-state index contributed by atoms with van der Waals surface area (Å²) in [5.41, 5.74) is 4.05. The number of rotatable bonds is 5. The van der Waals surface area contributed by atoms with E-state index in [4.69, 9.17) is 39.9 Å². The maximum atomic E-state index is 12.0. The Kier molecular flexibility index (Phi) is 6.68. The van der Waals surface area contributed by atoms with E-state index in [-0.39, 0.29) is 11.9 Å². The molecule has 0 fully saturated rings. The molecule has 3 rings (SSSR count). The van der Waals surface area contributed by atoms with Crippen molar-refractivity contribution < 1.29 is 4.79 Å². The van der Waals surface area contributed by atoms with E-state index in [0.29, 0.717) is 26.4 Å². The Morgan fingerprint density at radius 3 is 2.34 bits per heavy atom. The summed E-state index contributed by atoms with van der Waals surface area (Å²) in [7, 11) is 0. The minimum Gasteiger partial charge on any atom is -0.350 e. The molecule has 0 spiro atoms. The molecular formula is C22H20Cl3N3O. The molecular weight excluding hydrogens is 429 g/mol. The predicted octanol–water partition coefficient (Wildman–Crippen LogP) is 6.35. The van der Waals surface area contributed by atoms with Crippen molar-refractivity contribution in [1.82, 2.24) is 15.1 Å². The molecule has 0 radical (unpaired) electrons. The van der Waals surface area contributed by atoms with E-state index < -0.39 is 0 Å². The van der Waals surface area contributed by atoms with Gasteiger partial charge in [-0.3, -0.25) is 4.79 Å². The van der Waals surface area contributed by atoms with Gasteiger partial charge in [0.25, 0.3) is 0 Å². The van der Waals surface area contributed by atoms with Gasteiger partial charge in [0, 0.05) is 33.3 Å². The van der Waals surface area contributed by atoms with Crippen molar-refractivity contribution in [1.29, 1.82) is 0 Å². The summed E-state index contributed by atoms with van der Waals surface area (Å²) >= 11 is 18.6. The average molecular weight is 449 g/mol. The molecule has 0 bridgehead atoms. The highest BCUT2D eigenvalue weighted by atomic mass is 35.5. The molecule has 4 nitrogen and oxygen atoms in total. The summed E-state index contributed by atoms with van der Waals surface area (Å²) < 4.78 is 1.76. The van der Waals surface area contributed by atoms with Gasteiger partial charge in [-0.05, 0) is 57.2 Å². The number of nitrogens with zero attached hydrogens (tertiary/aromatic N) is 2. The standard InChI is InChI=1S/C22H20Cl3N3O/c1-13(2)26-21(29)11-9-19-14(3)22(15-4-6-16(23)7-5-15)28(27-19)20-10-8-17(24)12-18(20)25/h4-13H,1-3H3,(H,26,29)/b11-9+. The number of aromatic nitrogens is 2. The van der Waals surface area contributed by atoms with Crippen LogP contribution in [-0.2, 0) is 4.79 Å². The lowest BCUT2D eigenvalue weighted by molar-refractivity contribution is -0.116. The van der Waals surface area contributed by atoms with Gasteiger partial charge in [-0.1, -0.05) is 46.9 Å². The first kappa shape index (κ1) is 21.4. The molecule has 1 aromatic heterocycles. The molecule has 3 aromatic rings. The lowest BCUT2D eigenvalue weighted by atomic mass is 10.1. The van der Waals surface area contributed by atoms with Crippen LogP contribution in [0.2, 0.25) is 15.1 Å². The Bertz CT molecular complexity index is 1070. The van der Waals surface area contributed by atoms with Crippen molar-refractivity contribution >= 4 is 46.8 Å². The number of carbonyl (C=O) groups is 1. The molecule has 0 aliphatic heterocycles. The molecule has 29 heavy (non-hydrogen) atoms. The van der Waals surface area contributed by atoms with Gasteiger partial charge in [0.2, 0.25) is 5.91 Å². The topological polar surface area (TPSA) is 46.9 Å². The molecule has 1 amide bonds. The highest BCUT2D eigenvalue weighted by Gasteiger charge is 2.18. The van der Waals surface area contributed by atoms with Crippen LogP contribution in [0, 0.1) is 6.92 Å². The van der Waals surface area contributed by atoms with Crippen LogP contribution in [0.3, 0.4) is 0 Å². The van der Waals surface area contributed by atoms with Gasteiger partial charge < -0.3 is 5.32 Å². The van der Waals surface area contributed by atoms with Crippen LogP contribution in [0.4, 0.5) is 0 Å². The minimum absolute atomic E-state index is 0.0586. The first-order chi connectivity index (χ1) is 13.8. The molecule has 0 aliphatic carbocycles. The summed E-state index contributed by atoms with van der Waals surface area (Å²) in [5, 5.41) is 9.20. The van der Waals surface area contributed by atoms with E-state index in [9.17, 15) is 4.79 Å². The highest BCUT2D eigenvalue weighted by Crippen LogP contribution is 2.33. The molecule has 0 saturated heterocycles. The maximum absolute atomic E-state index is 12.0. The monoisotopic (exact) mass is 447 g/mol. The largest absolute Gasteiger partial charge is 0.350 e. The number of hydrogen-bond acceptors (Lipinski definition) is 2. The first-order valence-electron chi connectivity index (χ1n) is 9.06. The van der Waals surface area contributed by atoms with Crippen molar-refractivity contribution in [2.24, 2.45) is 0 Å². The zero-order chi connectivity index (χ0) is 21.1. The van der Waals surface area contributed by atoms with Crippen LogP contribution in [0.25, 0.3) is 23.0 Å². The Labute approximate surface area is 185 Å². The molecule has 1 heterocycles. The summed E-state index contributed by atoms with van der Waals surface area (Å²) in [6.07, 6.45) is 3.18. The smallest absolute Gasteiger partial charge is 0.244 e. The molecule has 0 unspecified atom stereocenters. The van der Waals surface area contributed by atoms with Crippen LogP contribution in [0.1, 0.15) is 25.1 Å². The van der Waals surface area contributed by atoms with Crippen LogP contribution in [0.15, 0.2) is 48.5 Å². The molecule has 7 heteroatoms. The fourth-order valence-corrected chi connectivity index (χ4v) is 3.55. The Hall–Kier alpha value is -2.27. The fraction of sp³-hybridized carbons (Fsp3) is 0.182. The van der Waals surface area contributed by atoms with Gasteiger partial charge in [-0.2, -0.15) is 5.10 Å². The third-order valence-electron chi connectivity index (χ3n) is 4.24. The van der Waals surface area contributed by atoms with Crippen molar-refractivity contribution in [2.45, 2.75) is 26.8 Å². The normalized spacial score (nSPS) is 11.4. The predicted molar refractivity (Wildman–Crippen MR) is 121 cm³/mol. The second kappa shape index (κ2) is 9.04. The van der Waals surface area contributed by atoms with Crippen LogP contribution in [-0.4, -0.2) is 21.7 Å². The second-order valence-corrected chi connectivity index (χ2v) is 8.15. The van der Waals surface area contributed by atoms with Gasteiger partial charge in [-0.15, -0.1) is 0 Å². The summed E-state index contributed by atoms with van der Waals surface area (Å²) in [5.74, 6) is -0.175. The molecule has 0 atom stereocenters. The molecule has 2 aromatic carbocycles. The van der Waals surface area contributed by atoms with Crippen LogP contribution >= 0.6 is 34.8 Å². The van der Waals surface area contributed by atoms with E-state index in [2.05, 4.69) is 5.32 Å². The second-order valence-electron chi connectivity index (χ2n) is 6.87. The van der Waals surface area contributed by atoms with Gasteiger partial charge in [0.15, 0.2) is 0 Å². The third-order valence-corrected chi connectivity index (χ3v) is 5.03. The Balaban J connectivity index is 2.14. The van der Waals surface area contributed by atoms with Crippen LogP contribution in [0.5, 0.6) is 0 Å². The van der Waals surface area contributed by atoms with Crippen molar-refractivity contribution in [3.8, 4) is 16.9 Å². The van der Waals surface area contributed by atoms with Crippen molar-refractivity contribution in [3.05, 3.63) is 74.9 Å². The number of amides is 1. The Morgan fingerprint density at radius 2 is 1.72 bits per heavy atom. The molecule has 0 aliphatic rings. The summed E-state index contributed by atoms with van der Waals surface area (Å²) in [4.78, 5) is 12.0. The van der Waals surface area contributed by atoms with Gasteiger partial charge in [0.05, 0.1) is 22.1 Å². The Morgan fingerprint density at radius 1 is 1.07 bits per heavy atom. The maximum Gasteiger partial charge on any atom is 0.244 e. The highest BCUT2D eigenvalue weighted by molar-refractivity contribution is 6.35. The van der Waals surface area contributed by atoms with Crippen molar-refractivity contribution in [3.63, 3.8) is 0 Å². The van der Waals surface area contributed by atoms with E-state index in [0.717, 1.165) is 16.8 Å². The van der Waals surface area contributed by atoms with Crippen molar-refractivity contribution in [2.75, 3.05) is 0 Å². The average Bonchev–Trinajstić information content (AvgIpc) is 2.96. The molecule has 1 N–H and O–H groups in total. The van der Waals surface area contributed by atoms with E-state index in [1.54, 1.807) is 22.9 Å². The van der Waals surface area contributed by atoms with E-state index in [1.165, 1.54) is 6.08 Å². The van der Waals surface area contributed by atoms with E-state index in [1.807, 2.05) is 51.1 Å². The lowest BCUT2D eigenvalue weighted by Crippen LogP contribution is -2.28. The number of nitrogens with one attached hydrogen (secondary N) is 1. The van der Waals surface area contributed by atoms with Gasteiger partial charge in [0.1, 0.15) is 0 Å². The number of hydrogen-bond donors (Lipinski definition) is 1. The zero-order valence-electron chi connectivity index (χ0n) is 16.2. The fourth-order valence-electron chi connectivity index (χ4n) is 2.93. The zero-order valence-corrected chi connectivity index (χ0v) is 18.5. The van der Waals surface area contributed by atoms with E-state index >= 15 is 0 Å². The third kappa shape index (κ3) is 5.02. The first-order valence-corrected chi connectivity index (χ1v) is 10.2. The minimum atomic E-state index is -0.175. The quantitative estimate of drug-likeness (QED) is 0.463.